The molecular formula is C13H11Cl2F3N4OS. The number of halogens is 5. The molecule has 11 heteroatoms. The lowest BCUT2D eigenvalue weighted by molar-refractivity contribution is -0.147. The van der Waals surface area contributed by atoms with Crippen LogP contribution in [0.15, 0.2) is 23.4 Å². The Labute approximate surface area is 149 Å². The van der Waals surface area contributed by atoms with Gasteiger partial charge in [-0.25, -0.2) is 0 Å². The number of rotatable bonds is 4. The summed E-state index contributed by atoms with van der Waals surface area (Å²) in [4.78, 5) is 12.2. The Kier molecular flexibility index (Phi) is 5.67. The third kappa shape index (κ3) is 4.14. The molecule has 1 atom stereocenters. The van der Waals surface area contributed by atoms with Crippen LogP contribution in [-0.4, -0.2) is 25.9 Å². The second-order valence-corrected chi connectivity index (χ2v) is 6.81. The highest BCUT2D eigenvalue weighted by Crippen LogP contribution is 2.32. The van der Waals surface area contributed by atoms with Gasteiger partial charge in [-0.05, 0) is 19.1 Å². The van der Waals surface area contributed by atoms with Crippen molar-refractivity contribution in [2.24, 2.45) is 7.05 Å². The monoisotopic (exact) mass is 398 g/mol. The summed E-state index contributed by atoms with van der Waals surface area (Å²) in [6.07, 6.45) is -4.61. The molecule has 0 unspecified atom stereocenters. The minimum absolute atomic E-state index is 0.0258. The third-order valence-electron chi connectivity index (χ3n) is 2.95. The maximum Gasteiger partial charge on any atom is 0.451 e. The van der Waals surface area contributed by atoms with Crippen molar-refractivity contribution in [1.29, 1.82) is 0 Å². The number of thioether (sulfide) groups is 1. The van der Waals surface area contributed by atoms with Gasteiger partial charge in [-0.15, -0.1) is 10.2 Å². The van der Waals surface area contributed by atoms with Gasteiger partial charge in [0.15, 0.2) is 5.16 Å². The van der Waals surface area contributed by atoms with Crippen LogP contribution in [0, 0.1) is 0 Å². The van der Waals surface area contributed by atoms with Gasteiger partial charge in [0.05, 0.1) is 21.0 Å². The molecule has 0 saturated heterocycles. The molecule has 0 aliphatic rings. The molecule has 0 aliphatic heterocycles. The maximum atomic E-state index is 12.7. The van der Waals surface area contributed by atoms with Crippen LogP contribution in [0.25, 0.3) is 0 Å². The van der Waals surface area contributed by atoms with Gasteiger partial charge < -0.3 is 9.88 Å². The van der Waals surface area contributed by atoms with Crippen molar-refractivity contribution in [2.75, 3.05) is 5.32 Å². The molecule has 1 amide bonds. The van der Waals surface area contributed by atoms with Gasteiger partial charge in [0.25, 0.3) is 0 Å². The summed E-state index contributed by atoms with van der Waals surface area (Å²) >= 11 is 12.7. The summed E-state index contributed by atoms with van der Waals surface area (Å²) in [7, 11) is 1.18. The predicted molar refractivity (Wildman–Crippen MR) is 86.4 cm³/mol. The third-order valence-corrected chi connectivity index (χ3v) is 4.90. The van der Waals surface area contributed by atoms with Crippen molar-refractivity contribution < 1.29 is 18.0 Å². The van der Waals surface area contributed by atoms with Crippen LogP contribution in [0.1, 0.15) is 12.7 Å². The Hall–Kier alpha value is -1.45. The highest BCUT2D eigenvalue weighted by Gasteiger charge is 2.37. The lowest BCUT2D eigenvalue weighted by Gasteiger charge is -2.13. The van der Waals surface area contributed by atoms with Crippen molar-refractivity contribution >= 4 is 46.6 Å². The molecular weight excluding hydrogens is 388 g/mol. The summed E-state index contributed by atoms with van der Waals surface area (Å²) in [5.41, 5.74) is 0.315. The maximum absolute atomic E-state index is 12.7. The summed E-state index contributed by atoms with van der Waals surface area (Å²) in [6.45, 7) is 1.53. The van der Waals surface area contributed by atoms with Gasteiger partial charge in [0, 0.05) is 7.05 Å². The van der Waals surface area contributed by atoms with Gasteiger partial charge in [0.2, 0.25) is 11.7 Å². The lowest BCUT2D eigenvalue weighted by atomic mass is 10.3. The fraction of sp³-hybridized carbons (Fsp3) is 0.308. The Balaban J connectivity index is 2.10. The molecule has 0 spiro atoms. The van der Waals surface area contributed by atoms with Crippen molar-refractivity contribution in [2.45, 2.75) is 23.5 Å². The summed E-state index contributed by atoms with van der Waals surface area (Å²) in [5.74, 6) is -1.59. The van der Waals surface area contributed by atoms with E-state index in [1.165, 1.54) is 14.0 Å². The fourth-order valence-electron chi connectivity index (χ4n) is 1.71. The van der Waals surface area contributed by atoms with E-state index in [4.69, 9.17) is 23.2 Å². The largest absolute Gasteiger partial charge is 0.451 e. The van der Waals surface area contributed by atoms with E-state index in [0.29, 0.717) is 5.69 Å². The van der Waals surface area contributed by atoms with Crippen LogP contribution in [-0.2, 0) is 18.0 Å². The van der Waals surface area contributed by atoms with Crippen molar-refractivity contribution in [3.63, 3.8) is 0 Å². The SMILES string of the molecule is C[C@@H](Sc1nnc(C(F)(F)F)n1C)C(=O)Nc1cccc(Cl)c1Cl. The first-order valence-electron chi connectivity index (χ1n) is 6.49. The number of carbonyl (C=O) groups excluding carboxylic acids is 1. The van der Waals surface area contributed by atoms with Crippen molar-refractivity contribution in [3.05, 3.63) is 34.1 Å². The molecule has 0 saturated carbocycles. The van der Waals surface area contributed by atoms with E-state index in [2.05, 4.69) is 15.5 Å². The predicted octanol–water partition coefficient (Wildman–Crippen LogP) is 4.26. The van der Waals surface area contributed by atoms with E-state index in [9.17, 15) is 18.0 Å². The molecule has 2 aromatic rings. The summed E-state index contributed by atoms with van der Waals surface area (Å²) in [5, 5.41) is 8.85. The number of hydrogen-bond acceptors (Lipinski definition) is 4. The molecule has 1 N–H and O–H groups in total. The number of aromatic nitrogens is 3. The topological polar surface area (TPSA) is 59.8 Å². The zero-order chi connectivity index (χ0) is 18.1. The van der Waals surface area contributed by atoms with E-state index in [0.717, 1.165) is 16.3 Å². The van der Waals surface area contributed by atoms with Crippen molar-refractivity contribution in [1.82, 2.24) is 14.8 Å². The first-order valence-corrected chi connectivity index (χ1v) is 8.13. The second-order valence-electron chi connectivity index (χ2n) is 4.71. The molecule has 0 bridgehead atoms. The standard InChI is InChI=1S/C13H11Cl2F3N4OS/c1-6(10(23)19-8-5-3-4-7(14)9(8)15)24-12-21-20-11(22(12)2)13(16,17)18/h3-6H,1-2H3,(H,19,23)/t6-/m1/s1. The van der Waals surface area contributed by atoms with E-state index in [1.807, 2.05) is 0 Å². The lowest BCUT2D eigenvalue weighted by Crippen LogP contribution is -2.23. The second kappa shape index (κ2) is 7.20. The van der Waals surface area contributed by atoms with Gasteiger partial charge in [-0.3, -0.25) is 4.79 Å². The molecule has 0 radical (unpaired) electrons. The van der Waals surface area contributed by atoms with Crippen LogP contribution < -0.4 is 5.32 Å². The van der Waals surface area contributed by atoms with Crippen molar-refractivity contribution in [3.8, 4) is 0 Å². The fourth-order valence-corrected chi connectivity index (χ4v) is 2.87. The summed E-state index contributed by atoms with van der Waals surface area (Å²) < 4.78 is 38.9. The van der Waals surface area contributed by atoms with Gasteiger partial charge in [-0.1, -0.05) is 41.0 Å². The number of alkyl halides is 3. The number of benzene rings is 1. The molecule has 1 heterocycles. The Morgan fingerprint density at radius 3 is 2.58 bits per heavy atom. The highest BCUT2D eigenvalue weighted by atomic mass is 35.5. The molecule has 1 aromatic heterocycles. The van der Waals surface area contributed by atoms with Crippen LogP contribution >= 0.6 is 35.0 Å². The first-order chi connectivity index (χ1) is 11.1. The molecule has 130 valence electrons. The Bertz CT molecular complexity index is 766. The van der Waals surface area contributed by atoms with Crippen LogP contribution in [0.3, 0.4) is 0 Å². The zero-order valence-electron chi connectivity index (χ0n) is 12.4. The normalized spacial score (nSPS) is 13.0. The van der Waals surface area contributed by atoms with Crippen LogP contribution in [0.4, 0.5) is 18.9 Å². The number of nitrogens with zero attached hydrogens (tertiary/aromatic N) is 3. The molecule has 24 heavy (non-hydrogen) atoms. The minimum Gasteiger partial charge on any atom is -0.324 e. The number of nitrogens with one attached hydrogen (secondary N) is 1. The molecule has 2 rings (SSSR count). The average molecular weight is 399 g/mol. The quantitative estimate of drug-likeness (QED) is 0.781. The molecule has 1 aromatic carbocycles. The minimum atomic E-state index is -4.61. The smallest absolute Gasteiger partial charge is 0.324 e. The average Bonchev–Trinajstić information content (AvgIpc) is 2.85. The number of amides is 1. The van der Waals surface area contributed by atoms with E-state index >= 15 is 0 Å². The van der Waals surface area contributed by atoms with E-state index < -0.39 is 23.2 Å². The van der Waals surface area contributed by atoms with Gasteiger partial charge >= 0.3 is 6.18 Å². The van der Waals surface area contributed by atoms with Gasteiger partial charge in [-0.2, -0.15) is 13.2 Å². The Morgan fingerprint density at radius 2 is 2.00 bits per heavy atom. The van der Waals surface area contributed by atoms with Crippen LogP contribution in [0.2, 0.25) is 10.0 Å². The number of carbonyl (C=O) groups is 1. The van der Waals surface area contributed by atoms with Gasteiger partial charge in [0.1, 0.15) is 0 Å². The number of anilines is 1. The first kappa shape index (κ1) is 18.9. The van der Waals surface area contributed by atoms with E-state index in [1.54, 1.807) is 18.2 Å². The van der Waals surface area contributed by atoms with Crippen LogP contribution in [0.5, 0.6) is 0 Å². The zero-order valence-corrected chi connectivity index (χ0v) is 14.7. The molecule has 0 aliphatic carbocycles. The van der Waals surface area contributed by atoms with E-state index in [-0.39, 0.29) is 15.2 Å². The molecule has 0 fully saturated rings. The summed E-state index contributed by atoms with van der Waals surface area (Å²) in [6, 6.07) is 4.74. The highest BCUT2D eigenvalue weighted by molar-refractivity contribution is 8.00. The Morgan fingerprint density at radius 1 is 1.33 bits per heavy atom. The molecule has 5 nitrogen and oxygen atoms in total. The number of hydrogen-bond donors (Lipinski definition) is 1.